The average molecular weight is 451 g/mol. The van der Waals surface area contributed by atoms with Gasteiger partial charge in [-0.1, -0.05) is 18.2 Å². The molecule has 164 valence electrons. The number of rotatable bonds is 8. The fourth-order valence-electron chi connectivity index (χ4n) is 3.18. The van der Waals surface area contributed by atoms with E-state index in [4.69, 9.17) is 4.42 Å². The van der Waals surface area contributed by atoms with Gasteiger partial charge in [0.05, 0.1) is 30.1 Å². The van der Waals surface area contributed by atoms with E-state index in [0.717, 1.165) is 11.3 Å². The molecule has 0 spiro atoms. The van der Waals surface area contributed by atoms with Crippen molar-refractivity contribution >= 4 is 15.9 Å². The van der Waals surface area contributed by atoms with Crippen molar-refractivity contribution in [2.24, 2.45) is 0 Å². The smallest absolute Gasteiger partial charge is 0.251 e. The highest BCUT2D eigenvalue weighted by Crippen LogP contribution is 2.18. The molecule has 0 saturated heterocycles. The second-order valence-electron chi connectivity index (χ2n) is 7.19. The monoisotopic (exact) mass is 450 g/mol. The molecule has 9 heteroatoms. The van der Waals surface area contributed by atoms with Gasteiger partial charge in [0.25, 0.3) is 5.91 Å². The molecule has 1 amide bonds. The summed E-state index contributed by atoms with van der Waals surface area (Å²) in [4.78, 5) is 16.8. The minimum absolute atomic E-state index is 0.00837. The zero-order valence-corrected chi connectivity index (χ0v) is 18.1. The summed E-state index contributed by atoms with van der Waals surface area (Å²) in [5, 5.41) is 2.91. The normalized spacial score (nSPS) is 12.4. The van der Waals surface area contributed by atoms with Gasteiger partial charge < -0.3 is 14.3 Å². The molecule has 4 aromatic rings. The van der Waals surface area contributed by atoms with Crippen molar-refractivity contribution in [3.8, 4) is 5.69 Å². The summed E-state index contributed by atoms with van der Waals surface area (Å²) in [6.07, 6.45) is 6.74. The van der Waals surface area contributed by atoms with Gasteiger partial charge in [-0.05, 0) is 55.0 Å². The van der Waals surface area contributed by atoms with Gasteiger partial charge in [-0.2, -0.15) is 0 Å². The third-order valence-electron chi connectivity index (χ3n) is 4.97. The summed E-state index contributed by atoms with van der Waals surface area (Å²) in [6.45, 7) is 1.90. The van der Waals surface area contributed by atoms with Crippen molar-refractivity contribution in [2.45, 2.75) is 24.4 Å². The van der Waals surface area contributed by atoms with Crippen molar-refractivity contribution in [2.75, 3.05) is 0 Å². The molecule has 0 radical (unpaired) electrons. The van der Waals surface area contributed by atoms with E-state index < -0.39 is 10.0 Å². The molecule has 1 atom stereocenters. The van der Waals surface area contributed by atoms with E-state index in [0.29, 0.717) is 5.76 Å². The van der Waals surface area contributed by atoms with E-state index in [1.54, 1.807) is 36.8 Å². The van der Waals surface area contributed by atoms with E-state index in [1.165, 1.54) is 18.4 Å². The van der Waals surface area contributed by atoms with Crippen LogP contribution < -0.4 is 10.0 Å². The standard InChI is InChI=1S/C23H22N4O4S/c1-17(18-7-9-20(10-8-18)27-12-11-24-16-27)26-23(28)19-4-2-6-22(14-19)32(29,30)25-15-21-5-3-13-31-21/h2-14,16-17,25H,15H2,1H3,(H,26,28). The Kier molecular flexibility index (Phi) is 6.20. The summed E-state index contributed by atoms with van der Waals surface area (Å²) >= 11 is 0. The minimum Gasteiger partial charge on any atom is -0.468 e. The van der Waals surface area contributed by atoms with E-state index in [1.807, 2.05) is 42.0 Å². The fourth-order valence-corrected chi connectivity index (χ4v) is 4.22. The van der Waals surface area contributed by atoms with Gasteiger partial charge >= 0.3 is 0 Å². The van der Waals surface area contributed by atoms with Crippen LogP contribution in [0, 0.1) is 0 Å². The lowest BCUT2D eigenvalue weighted by Crippen LogP contribution is -2.27. The van der Waals surface area contributed by atoms with Crippen LogP contribution in [0.25, 0.3) is 5.69 Å². The number of aromatic nitrogens is 2. The Morgan fingerprint density at radius 2 is 1.94 bits per heavy atom. The molecule has 0 aliphatic carbocycles. The second-order valence-corrected chi connectivity index (χ2v) is 8.96. The van der Waals surface area contributed by atoms with E-state index in [-0.39, 0.29) is 29.0 Å². The molecule has 32 heavy (non-hydrogen) atoms. The van der Waals surface area contributed by atoms with Crippen molar-refractivity contribution in [1.82, 2.24) is 19.6 Å². The Morgan fingerprint density at radius 3 is 2.62 bits per heavy atom. The maximum Gasteiger partial charge on any atom is 0.251 e. The molecule has 2 N–H and O–H groups in total. The number of nitrogens with zero attached hydrogens (tertiary/aromatic N) is 2. The Morgan fingerprint density at radius 1 is 1.12 bits per heavy atom. The molecule has 0 aliphatic rings. The number of sulfonamides is 1. The van der Waals surface area contributed by atoms with Crippen LogP contribution in [0.4, 0.5) is 0 Å². The van der Waals surface area contributed by atoms with Gasteiger partial charge in [0.15, 0.2) is 0 Å². The second kappa shape index (κ2) is 9.21. The molecule has 0 bridgehead atoms. The fraction of sp³-hybridized carbons (Fsp3) is 0.130. The van der Waals surface area contributed by atoms with Crippen molar-refractivity contribution in [3.63, 3.8) is 0 Å². The largest absolute Gasteiger partial charge is 0.468 e. The highest BCUT2D eigenvalue weighted by atomic mass is 32.2. The molecule has 0 fully saturated rings. The summed E-state index contributed by atoms with van der Waals surface area (Å²) < 4.78 is 34.7. The highest BCUT2D eigenvalue weighted by Gasteiger charge is 2.18. The number of benzene rings is 2. The number of imidazole rings is 1. The summed E-state index contributed by atoms with van der Waals surface area (Å²) in [6, 6.07) is 16.8. The number of carbonyl (C=O) groups excluding carboxylic acids is 1. The van der Waals surface area contributed by atoms with Crippen LogP contribution in [0.3, 0.4) is 0 Å². The first-order valence-corrected chi connectivity index (χ1v) is 11.4. The Hall–Kier alpha value is -3.69. The van der Waals surface area contributed by atoms with Gasteiger partial charge in [-0.25, -0.2) is 18.1 Å². The third-order valence-corrected chi connectivity index (χ3v) is 6.37. The van der Waals surface area contributed by atoms with E-state index >= 15 is 0 Å². The average Bonchev–Trinajstić information content (AvgIpc) is 3.52. The maximum absolute atomic E-state index is 12.8. The summed E-state index contributed by atoms with van der Waals surface area (Å²) in [5.41, 5.74) is 2.14. The molecule has 8 nitrogen and oxygen atoms in total. The van der Waals surface area contributed by atoms with Crippen LogP contribution in [-0.2, 0) is 16.6 Å². The highest BCUT2D eigenvalue weighted by molar-refractivity contribution is 7.89. The zero-order chi connectivity index (χ0) is 22.6. The lowest BCUT2D eigenvalue weighted by atomic mass is 10.1. The third kappa shape index (κ3) is 4.96. The van der Waals surface area contributed by atoms with Gasteiger partial charge in [0.2, 0.25) is 10.0 Å². The molecule has 0 aliphatic heterocycles. The van der Waals surface area contributed by atoms with E-state index in [9.17, 15) is 13.2 Å². The van der Waals surface area contributed by atoms with Crippen LogP contribution in [0.2, 0.25) is 0 Å². The molecule has 2 aromatic carbocycles. The van der Waals surface area contributed by atoms with E-state index in [2.05, 4.69) is 15.0 Å². The van der Waals surface area contributed by atoms with Crippen molar-refractivity contribution in [1.29, 1.82) is 0 Å². The topological polar surface area (TPSA) is 106 Å². The molecule has 1 unspecified atom stereocenters. The molecular formula is C23H22N4O4S. The van der Waals surface area contributed by atoms with Crippen molar-refractivity contribution in [3.05, 3.63) is 103 Å². The van der Waals surface area contributed by atoms with Gasteiger partial charge in [0.1, 0.15) is 5.76 Å². The molecule has 0 saturated carbocycles. The Labute approximate surface area is 186 Å². The van der Waals surface area contributed by atoms with Crippen LogP contribution in [-0.4, -0.2) is 23.9 Å². The number of hydrogen-bond acceptors (Lipinski definition) is 5. The Balaban J connectivity index is 1.43. The predicted octanol–water partition coefficient (Wildman–Crippen LogP) is 3.43. The molecule has 2 heterocycles. The SMILES string of the molecule is CC(NC(=O)c1cccc(S(=O)(=O)NCc2ccco2)c1)c1ccc(-n2ccnc2)cc1. The maximum atomic E-state index is 12.8. The number of amides is 1. The minimum atomic E-state index is -3.80. The van der Waals surface area contributed by atoms with Crippen LogP contribution >= 0.6 is 0 Å². The number of carbonyl (C=O) groups is 1. The first-order chi connectivity index (χ1) is 15.4. The molecular weight excluding hydrogens is 428 g/mol. The lowest BCUT2D eigenvalue weighted by Gasteiger charge is -2.15. The van der Waals surface area contributed by atoms with Crippen LogP contribution in [0.1, 0.15) is 34.6 Å². The zero-order valence-electron chi connectivity index (χ0n) is 17.3. The van der Waals surface area contributed by atoms with Gasteiger partial charge in [-0.3, -0.25) is 4.79 Å². The Bertz CT molecular complexity index is 1280. The first kappa shape index (κ1) is 21.5. The van der Waals surface area contributed by atoms with Crippen LogP contribution in [0.15, 0.2) is 95.0 Å². The number of nitrogens with one attached hydrogen (secondary N) is 2. The molecule has 4 rings (SSSR count). The molecule has 2 aromatic heterocycles. The summed E-state index contributed by atoms with van der Waals surface area (Å²) in [7, 11) is -3.80. The predicted molar refractivity (Wildman–Crippen MR) is 119 cm³/mol. The van der Waals surface area contributed by atoms with Gasteiger partial charge in [-0.15, -0.1) is 0 Å². The number of furan rings is 1. The summed E-state index contributed by atoms with van der Waals surface area (Å²) in [5.74, 6) is 0.134. The number of hydrogen-bond donors (Lipinski definition) is 2. The van der Waals surface area contributed by atoms with Crippen LogP contribution in [0.5, 0.6) is 0 Å². The van der Waals surface area contributed by atoms with Crippen molar-refractivity contribution < 1.29 is 17.6 Å². The lowest BCUT2D eigenvalue weighted by molar-refractivity contribution is 0.0939. The van der Waals surface area contributed by atoms with Gasteiger partial charge in [0, 0.05) is 23.6 Å². The first-order valence-electron chi connectivity index (χ1n) is 9.94. The quantitative estimate of drug-likeness (QED) is 0.428.